The van der Waals surface area contributed by atoms with Gasteiger partial charge < -0.3 is 87.2 Å². The Bertz CT molecular complexity index is 3230. The number of aliphatic hydroxyl groups is 1. The van der Waals surface area contributed by atoms with Gasteiger partial charge in [0.05, 0.1) is 30.7 Å². The number of amides is 2. The maximum atomic E-state index is 12.4. The number of carbonyl (C=O) groups excluding carboxylic acids is 2. The van der Waals surface area contributed by atoms with Gasteiger partial charge in [-0.25, -0.2) is 23.6 Å². The van der Waals surface area contributed by atoms with E-state index in [0.717, 1.165) is 73.9 Å². The number of phosphoric acid groups is 1. The van der Waals surface area contributed by atoms with Crippen molar-refractivity contribution in [2.45, 2.75) is 76.2 Å². The van der Waals surface area contributed by atoms with Crippen molar-refractivity contribution in [3.05, 3.63) is 184 Å². The Labute approximate surface area is 520 Å². The lowest BCUT2D eigenvalue weighted by molar-refractivity contribution is -0.0453. The average molecular weight is 1260 g/mol. The van der Waals surface area contributed by atoms with Gasteiger partial charge in [0, 0.05) is 68.4 Å². The summed E-state index contributed by atoms with van der Waals surface area (Å²) in [5.74, 6) is 1.15. The van der Waals surface area contributed by atoms with Crippen LogP contribution in [-0.2, 0) is 37.7 Å². The Kier molecular flexibility index (Phi) is 27.9. The van der Waals surface area contributed by atoms with E-state index in [2.05, 4.69) is 96.6 Å². The van der Waals surface area contributed by atoms with E-state index in [9.17, 15) is 24.3 Å². The lowest BCUT2D eigenvalue weighted by Gasteiger charge is -2.56. The number of anilines is 1. The molecule has 25 heteroatoms. The van der Waals surface area contributed by atoms with Crippen LogP contribution in [0.2, 0.25) is 0 Å². The molecule has 10 rings (SSSR count). The van der Waals surface area contributed by atoms with E-state index in [1.807, 2.05) is 106 Å². The van der Waals surface area contributed by atoms with Crippen LogP contribution in [0.3, 0.4) is 0 Å². The van der Waals surface area contributed by atoms with Crippen molar-refractivity contribution >= 4 is 31.7 Å². The van der Waals surface area contributed by atoms with Crippen LogP contribution in [-0.4, -0.2) is 161 Å². The number of rotatable bonds is 16. The number of pyridine rings is 1. The monoisotopic (exact) mass is 1260 g/mol. The fraction of sp³-hybridized carbons (Fsp3) is 0.413. The van der Waals surface area contributed by atoms with Gasteiger partial charge in [0.25, 0.3) is 5.56 Å². The molecule has 9 N–H and O–H groups in total. The van der Waals surface area contributed by atoms with Crippen molar-refractivity contribution in [2.24, 2.45) is 29.8 Å². The molecular formula is C63H85ClN8O15P-. The number of likely N-dealkylation sites (N-methyl/N-ethyl adjacent to an activating group) is 2. The van der Waals surface area contributed by atoms with Crippen LogP contribution in [0.15, 0.2) is 145 Å². The van der Waals surface area contributed by atoms with E-state index in [1.54, 1.807) is 17.9 Å². The lowest BCUT2D eigenvalue weighted by atomic mass is 9.53. The Balaban J connectivity index is 0.000000235. The molecule has 2 bridgehead atoms. The Morgan fingerprint density at radius 2 is 1.42 bits per heavy atom. The maximum Gasteiger partial charge on any atom is 0.466 e. The average Bonchev–Trinajstić information content (AvgIpc) is 1.46. The van der Waals surface area contributed by atoms with Gasteiger partial charge >= 0.3 is 26.0 Å². The number of para-hydroxylation sites is 1. The number of aromatic nitrogens is 3. The minimum atomic E-state index is -4.64. The zero-order chi connectivity index (χ0) is 64.2. The number of hydrogen-bond donors (Lipinski definition) is 7. The van der Waals surface area contributed by atoms with Crippen molar-refractivity contribution in [3.8, 4) is 17.2 Å². The number of aromatic carboxylic acids is 1. The zero-order valence-electron chi connectivity index (χ0n) is 51.5. The number of aliphatic hydroxyl groups excluding tert-OH is 1. The molecule has 0 saturated carbocycles. The number of halogens is 1. The molecular weight excluding hydrogens is 1180 g/mol. The van der Waals surface area contributed by atoms with Crippen LogP contribution in [0.5, 0.6) is 11.5 Å². The Hall–Kier alpha value is -7.57. The lowest BCUT2D eigenvalue weighted by Crippen LogP contribution is -3.00. The number of piperidine rings is 1. The smallest absolute Gasteiger partial charge is 0.466 e. The molecule has 2 aliphatic carbocycles. The molecule has 0 radical (unpaired) electrons. The van der Waals surface area contributed by atoms with Gasteiger partial charge in [-0.05, 0) is 101 Å². The van der Waals surface area contributed by atoms with Gasteiger partial charge in [-0.3, -0.25) is 14.5 Å². The first-order chi connectivity index (χ1) is 41.2. The van der Waals surface area contributed by atoms with E-state index < -0.39 is 37.5 Å². The molecule has 6 aromatic rings. The number of ether oxygens (including phenoxy) is 5. The summed E-state index contributed by atoms with van der Waals surface area (Å²) in [6.07, 6.45) is 8.34. The number of carboxylic acid groups (broad SMARTS) is 1. The predicted molar refractivity (Wildman–Crippen MR) is 331 cm³/mol. The highest BCUT2D eigenvalue weighted by molar-refractivity contribution is 7.45. The van der Waals surface area contributed by atoms with Crippen LogP contribution in [0.1, 0.15) is 77.5 Å². The summed E-state index contributed by atoms with van der Waals surface area (Å²) >= 11 is 0. The highest BCUT2D eigenvalue weighted by atomic mass is 35.5. The van der Waals surface area contributed by atoms with Gasteiger partial charge in [0.15, 0.2) is 11.5 Å². The molecule has 4 aromatic carbocycles. The van der Waals surface area contributed by atoms with Crippen LogP contribution >= 0.6 is 7.82 Å². The normalized spacial score (nSPS) is 18.1. The van der Waals surface area contributed by atoms with Gasteiger partial charge in [0.1, 0.15) is 37.2 Å². The molecule has 23 nitrogen and oxygen atoms in total. The largest absolute Gasteiger partial charge is 1.00 e. The number of benzene rings is 4. The van der Waals surface area contributed by atoms with Gasteiger partial charge in [-0.15, -0.1) is 0 Å². The number of nitrogens with two attached hydrogens (primary N) is 2. The minimum absolute atomic E-state index is 0. The van der Waals surface area contributed by atoms with E-state index in [0.29, 0.717) is 12.0 Å². The molecule has 5 atom stereocenters. The standard InChI is InChI=1S/C18H21NO3.C17H21NO.C13H17N3O.C9H18N2O4.C6H5NO2.ClH.H3O4P/c1-19-8-7-18-11-4-5-13(20)17(18)22-16-14(21-2)6-3-10(15(16)18)9-12(11)19;1-18(2)13-14-19-17(15-9-5-3-6-10-15)16-11-7-4-8-12-16;1-10-12(14(2)3)13(17)16(15(10)4)11-8-6-5-7-9-11;1-3-4-9(2,5-14-7(10)12)6-15-8(11)13;8-6(9)5-2-1-3-7-4-5;;1-5(2,3)4/h3-6,11-13,17,20H,7-9H2,1-2H3;3-12,17H,13-14H2,1-2H3;5-9H,1-4H3;3-6H2,1-2H3,(H2,10,12)(H2,11,13);1-4H,(H,8,9);1H;(H3,1,2,3,4)/p-1/t11-,12+,13-,17-,18-;;;;;;/m0....../s1. The van der Waals surface area contributed by atoms with Crippen LogP contribution in [0.4, 0.5) is 15.3 Å². The van der Waals surface area contributed by atoms with E-state index in [1.165, 1.54) is 40.7 Å². The van der Waals surface area contributed by atoms with E-state index in [4.69, 9.17) is 59.5 Å². The number of carboxylic acids is 1. The van der Waals surface area contributed by atoms with Crippen LogP contribution in [0.25, 0.3) is 5.69 Å². The summed E-state index contributed by atoms with van der Waals surface area (Å²) in [7, 11) is 9.06. The number of hydrogen-bond acceptors (Lipinski definition) is 15. The van der Waals surface area contributed by atoms with Gasteiger partial charge in [-0.2, -0.15) is 0 Å². The second-order valence-corrected chi connectivity index (χ2v) is 23.2. The fourth-order valence-electron chi connectivity index (χ4n) is 11.2. The van der Waals surface area contributed by atoms with Gasteiger partial charge in [0.2, 0.25) is 0 Å². The Morgan fingerprint density at radius 1 is 0.864 bits per heavy atom. The van der Waals surface area contributed by atoms with Crippen molar-refractivity contribution in [3.63, 3.8) is 0 Å². The molecule has 2 aliphatic heterocycles. The number of methoxy groups -OCH3 is 1. The molecule has 480 valence electrons. The summed E-state index contributed by atoms with van der Waals surface area (Å²) in [4.78, 5) is 75.1. The summed E-state index contributed by atoms with van der Waals surface area (Å²) in [6, 6.07) is 38.2. The molecule has 1 spiro atoms. The predicted octanol–water partition coefficient (Wildman–Crippen LogP) is 4.24. The third-order valence-corrected chi connectivity index (χ3v) is 15.2. The summed E-state index contributed by atoms with van der Waals surface area (Å²) in [5, 5.41) is 18.9. The number of carbonyl (C=O) groups is 3. The molecule has 4 aliphatic rings. The summed E-state index contributed by atoms with van der Waals surface area (Å²) in [5.41, 5.74) is 17.1. The highest BCUT2D eigenvalue weighted by Gasteiger charge is 2.64. The first kappa shape index (κ1) is 72.9. The van der Waals surface area contributed by atoms with Gasteiger partial charge in [-0.1, -0.05) is 117 Å². The molecule has 0 unspecified atom stereocenters. The minimum Gasteiger partial charge on any atom is -1.00 e. The van der Waals surface area contributed by atoms with Crippen molar-refractivity contribution in [1.29, 1.82) is 0 Å². The first-order valence-electron chi connectivity index (χ1n) is 28.2. The fourth-order valence-corrected chi connectivity index (χ4v) is 11.2. The van der Waals surface area contributed by atoms with Crippen LogP contribution in [0, 0.1) is 18.3 Å². The second kappa shape index (κ2) is 33.7. The Morgan fingerprint density at radius 3 is 1.88 bits per heavy atom. The highest BCUT2D eigenvalue weighted by Crippen LogP contribution is 2.62. The van der Waals surface area contributed by atoms with Crippen molar-refractivity contribution < 1.29 is 79.9 Å². The number of likely N-dealkylation sites (tertiary alicyclic amines) is 1. The number of primary amides is 2. The van der Waals surface area contributed by atoms with E-state index in [-0.39, 0.29) is 54.4 Å². The molecule has 2 aromatic heterocycles. The number of nitrogens with zero attached hydrogens (tertiary/aromatic N) is 6. The quantitative estimate of drug-likeness (QED) is 0.0526. The summed E-state index contributed by atoms with van der Waals surface area (Å²) in [6.45, 7) is 8.70. The topological polar surface area (TPSA) is 317 Å². The maximum absolute atomic E-state index is 12.4. The molecule has 88 heavy (non-hydrogen) atoms. The van der Waals surface area contributed by atoms with E-state index >= 15 is 0 Å². The third kappa shape index (κ3) is 19.7. The first-order valence-corrected chi connectivity index (χ1v) is 29.8. The summed E-state index contributed by atoms with van der Waals surface area (Å²) < 4.78 is 39.8. The molecule has 2 amide bonds. The molecule has 1 fully saturated rings. The van der Waals surface area contributed by atoms with Crippen molar-refractivity contribution in [1.82, 2.24) is 24.1 Å². The molecule has 4 heterocycles. The SMILES string of the molecule is CCCC(C)(COC(N)=O)COC(N)=O.CN(C)CCOC(c1ccccc1)c1ccccc1.COc1ccc2c3c1O[C@H]1[C@@H](O)C=C[C@H]4[C@@H](C2)N(C)CC[C@@]341.Cc1c(N(C)C)c(=O)n(-c2ccccc2)n1C.O=C(O)c1cccnc1.O=P(O)(O)O.[Cl-]. The third-order valence-electron chi connectivity index (χ3n) is 15.2. The van der Waals surface area contributed by atoms with Crippen LogP contribution < -0.4 is 43.8 Å². The molecule has 1 saturated heterocycles. The van der Waals surface area contributed by atoms with Crippen molar-refractivity contribution in [2.75, 3.05) is 80.2 Å². The second-order valence-electron chi connectivity index (χ2n) is 22.1. The zero-order valence-corrected chi connectivity index (χ0v) is 53.2.